The largest absolute Gasteiger partial charge is 0.462 e. The summed E-state index contributed by atoms with van der Waals surface area (Å²) < 4.78 is 28.5. The number of aliphatic hydroxyl groups is 2. The SMILES string of the molecule is CC(=O)O[C@H]1CC=C(C)[C@@H]2[C@H](OC(C)=O)[C@@]3(O)[C@H](/C=C(/CO)[C@H](OC(C)=O)C[C@H](OC(C)=O)[C@@]12C)OC(=O)[C@@H]3C. The summed E-state index contributed by atoms with van der Waals surface area (Å²) in [4.78, 5) is 62.3. The quantitative estimate of drug-likeness (QED) is 0.278. The standard InChI is InChI=1S/C28H38O12/c1-13-8-9-21(37-16(4)31)27(7)22(38-17(5)32)11-20(36-15(3)30)19(12-29)10-23-28(35,14(2)26(34)40-23)25(24(13)27)39-18(6)33/h8,10,14,20-25,29,35H,9,11-12H2,1-7H3/b19-10-/t14-,20+,21-,22-,23-,24+,25-,27+,28-/m0/s1. The number of carbonyl (C=O) groups is 5. The zero-order chi connectivity index (χ0) is 30.2. The van der Waals surface area contributed by atoms with Crippen molar-refractivity contribution in [2.24, 2.45) is 17.3 Å². The molecule has 12 nitrogen and oxygen atoms in total. The summed E-state index contributed by atoms with van der Waals surface area (Å²) in [5.41, 5.74) is -2.92. The second-order valence-corrected chi connectivity index (χ2v) is 11.0. The first kappa shape index (κ1) is 31.3. The van der Waals surface area contributed by atoms with Crippen molar-refractivity contribution >= 4 is 29.8 Å². The second kappa shape index (κ2) is 11.7. The molecule has 0 aromatic rings. The maximum Gasteiger partial charge on any atom is 0.312 e. The predicted octanol–water partition coefficient (Wildman–Crippen LogP) is 1.30. The molecule has 222 valence electrons. The van der Waals surface area contributed by atoms with Gasteiger partial charge >= 0.3 is 29.8 Å². The van der Waals surface area contributed by atoms with Crippen LogP contribution < -0.4 is 0 Å². The number of aliphatic hydroxyl groups excluding tert-OH is 1. The Balaban J connectivity index is 2.45. The highest BCUT2D eigenvalue weighted by Gasteiger charge is 2.67. The molecule has 40 heavy (non-hydrogen) atoms. The van der Waals surface area contributed by atoms with Crippen molar-refractivity contribution in [2.75, 3.05) is 6.61 Å². The molecule has 0 amide bonds. The molecule has 0 aromatic heterocycles. The van der Waals surface area contributed by atoms with Crippen molar-refractivity contribution < 1.29 is 57.9 Å². The Bertz CT molecular complexity index is 1120. The van der Waals surface area contributed by atoms with Crippen LogP contribution in [-0.4, -0.2) is 82.8 Å². The van der Waals surface area contributed by atoms with Crippen molar-refractivity contribution in [1.82, 2.24) is 0 Å². The van der Waals surface area contributed by atoms with Gasteiger partial charge in [0.05, 0.1) is 17.9 Å². The van der Waals surface area contributed by atoms with Crippen LogP contribution in [0.2, 0.25) is 0 Å². The number of fused-ring (bicyclic) bond motifs is 2. The molecule has 9 atom stereocenters. The number of hydrogen-bond acceptors (Lipinski definition) is 12. The van der Waals surface area contributed by atoms with Crippen molar-refractivity contribution in [2.45, 2.75) is 97.4 Å². The predicted molar refractivity (Wildman–Crippen MR) is 136 cm³/mol. The average molecular weight is 567 g/mol. The Morgan fingerprint density at radius 1 is 0.975 bits per heavy atom. The first-order valence-electron chi connectivity index (χ1n) is 13.2. The van der Waals surface area contributed by atoms with E-state index in [9.17, 15) is 34.2 Å². The molecule has 3 aliphatic rings. The van der Waals surface area contributed by atoms with E-state index in [1.54, 1.807) is 19.9 Å². The molecule has 0 radical (unpaired) electrons. The molecule has 0 saturated carbocycles. The molecule has 0 bridgehead atoms. The van der Waals surface area contributed by atoms with Gasteiger partial charge in [-0.05, 0) is 25.5 Å². The minimum absolute atomic E-state index is 0.0633. The van der Waals surface area contributed by atoms with Crippen LogP contribution in [-0.2, 0) is 47.7 Å². The monoisotopic (exact) mass is 566 g/mol. The van der Waals surface area contributed by atoms with Crippen LogP contribution in [0.4, 0.5) is 0 Å². The summed E-state index contributed by atoms with van der Waals surface area (Å²) >= 11 is 0. The van der Waals surface area contributed by atoms with Gasteiger partial charge in [0.25, 0.3) is 0 Å². The Morgan fingerprint density at radius 3 is 2.05 bits per heavy atom. The third kappa shape index (κ3) is 5.64. The Kier molecular flexibility index (Phi) is 9.15. The van der Waals surface area contributed by atoms with Gasteiger partial charge in [-0.15, -0.1) is 0 Å². The minimum Gasteiger partial charge on any atom is -0.462 e. The molecule has 1 aliphatic heterocycles. The topological polar surface area (TPSA) is 172 Å². The fourth-order valence-electron chi connectivity index (χ4n) is 6.41. The third-order valence-electron chi connectivity index (χ3n) is 8.31. The smallest absolute Gasteiger partial charge is 0.312 e. The molecule has 3 rings (SSSR count). The van der Waals surface area contributed by atoms with Gasteiger partial charge in [-0.25, -0.2) is 0 Å². The Morgan fingerprint density at radius 2 is 1.52 bits per heavy atom. The first-order chi connectivity index (χ1) is 18.6. The first-order valence-corrected chi connectivity index (χ1v) is 13.2. The van der Waals surface area contributed by atoms with E-state index in [0.717, 1.165) is 6.92 Å². The van der Waals surface area contributed by atoms with E-state index in [4.69, 9.17) is 23.7 Å². The fourth-order valence-corrected chi connectivity index (χ4v) is 6.41. The molecular weight excluding hydrogens is 528 g/mol. The van der Waals surface area contributed by atoms with E-state index in [0.29, 0.717) is 5.57 Å². The Hall–Kier alpha value is -3.25. The zero-order valence-corrected chi connectivity index (χ0v) is 23.8. The highest BCUT2D eigenvalue weighted by Crippen LogP contribution is 2.55. The van der Waals surface area contributed by atoms with Gasteiger partial charge in [0.1, 0.15) is 24.4 Å². The summed E-state index contributed by atoms with van der Waals surface area (Å²) in [6.07, 6.45) is -3.13. The van der Waals surface area contributed by atoms with Gasteiger partial charge in [0.2, 0.25) is 0 Å². The lowest BCUT2D eigenvalue weighted by molar-refractivity contribution is -0.218. The van der Waals surface area contributed by atoms with E-state index < -0.39 is 89.8 Å². The summed E-state index contributed by atoms with van der Waals surface area (Å²) in [6, 6.07) is 0. The van der Waals surface area contributed by atoms with Gasteiger partial charge < -0.3 is 33.9 Å². The van der Waals surface area contributed by atoms with Gasteiger partial charge in [-0.3, -0.25) is 24.0 Å². The highest BCUT2D eigenvalue weighted by atomic mass is 16.6. The van der Waals surface area contributed by atoms with E-state index in [2.05, 4.69) is 0 Å². The van der Waals surface area contributed by atoms with Crippen LogP contribution in [0.3, 0.4) is 0 Å². The lowest BCUT2D eigenvalue weighted by Crippen LogP contribution is -2.65. The summed E-state index contributed by atoms with van der Waals surface area (Å²) in [6.45, 7) is 8.88. The average Bonchev–Trinajstić information content (AvgIpc) is 3.05. The van der Waals surface area contributed by atoms with E-state index >= 15 is 0 Å². The molecule has 1 heterocycles. The van der Waals surface area contributed by atoms with Gasteiger partial charge in [-0.1, -0.05) is 18.6 Å². The van der Waals surface area contributed by atoms with Crippen LogP contribution in [0.5, 0.6) is 0 Å². The van der Waals surface area contributed by atoms with Gasteiger partial charge in [0.15, 0.2) is 11.7 Å². The number of esters is 5. The number of hydrogen-bond donors (Lipinski definition) is 2. The molecule has 0 unspecified atom stereocenters. The van der Waals surface area contributed by atoms with Crippen LogP contribution in [0.25, 0.3) is 0 Å². The van der Waals surface area contributed by atoms with Crippen molar-refractivity contribution in [3.63, 3.8) is 0 Å². The highest BCUT2D eigenvalue weighted by molar-refractivity contribution is 5.78. The Labute approximate surface area is 232 Å². The van der Waals surface area contributed by atoms with E-state index in [-0.39, 0.29) is 18.4 Å². The van der Waals surface area contributed by atoms with E-state index in [1.807, 2.05) is 0 Å². The third-order valence-corrected chi connectivity index (χ3v) is 8.31. The molecule has 2 N–H and O–H groups in total. The van der Waals surface area contributed by atoms with Crippen molar-refractivity contribution in [3.8, 4) is 0 Å². The number of rotatable bonds is 5. The van der Waals surface area contributed by atoms with Crippen LogP contribution in [0.15, 0.2) is 23.3 Å². The molecule has 12 heteroatoms. The summed E-state index contributed by atoms with van der Waals surface area (Å²) in [7, 11) is 0. The zero-order valence-electron chi connectivity index (χ0n) is 23.8. The molecule has 1 saturated heterocycles. The normalized spacial score (nSPS) is 38.7. The lowest BCUT2D eigenvalue weighted by Gasteiger charge is -2.55. The maximum atomic E-state index is 12.9. The number of ether oxygens (including phenoxy) is 5. The van der Waals surface area contributed by atoms with Crippen LogP contribution >= 0.6 is 0 Å². The van der Waals surface area contributed by atoms with Gasteiger partial charge in [-0.2, -0.15) is 0 Å². The lowest BCUT2D eigenvalue weighted by atomic mass is 9.56. The second-order valence-electron chi connectivity index (χ2n) is 11.0. The summed E-state index contributed by atoms with van der Waals surface area (Å²) in [5.74, 6) is -5.77. The molecular formula is C28H38O12. The fraction of sp³-hybridized carbons (Fsp3) is 0.679. The molecule has 0 aromatic carbocycles. The van der Waals surface area contributed by atoms with Crippen LogP contribution in [0, 0.1) is 17.3 Å². The molecule has 1 fully saturated rings. The van der Waals surface area contributed by atoms with Crippen molar-refractivity contribution in [3.05, 3.63) is 23.3 Å². The van der Waals surface area contributed by atoms with Gasteiger partial charge in [0, 0.05) is 46.5 Å². The molecule has 0 spiro atoms. The molecule has 2 aliphatic carbocycles. The van der Waals surface area contributed by atoms with Crippen LogP contribution in [0.1, 0.15) is 61.3 Å². The maximum absolute atomic E-state index is 12.9. The number of carbonyl (C=O) groups excluding carboxylic acids is 5. The van der Waals surface area contributed by atoms with E-state index in [1.165, 1.54) is 33.8 Å². The van der Waals surface area contributed by atoms with Crippen molar-refractivity contribution in [1.29, 1.82) is 0 Å². The summed E-state index contributed by atoms with van der Waals surface area (Å²) in [5, 5.41) is 22.7. The minimum atomic E-state index is -2.19.